The lowest BCUT2D eigenvalue weighted by atomic mass is 10.1. The number of hydrogen-bond acceptors (Lipinski definition) is 6. The first-order valence-electron chi connectivity index (χ1n) is 9.36. The number of imide groups is 1. The van der Waals surface area contributed by atoms with E-state index in [4.69, 9.17) is 39.2 Å². The van der Waals surface area contributed by atoms with Crippen LogP contribution in [0.25, 0.3) is 17.0 Å². The number of nitrogens with zero attached hydrogens (tertiary/aromatic N) is 1. The van der Waals surface area contributed by atoms with Crippen molar-refractivity contribution in [3.8, 4) is 0 Å². The smallest absolute Gasteiger partial charge is 0.294 e. The number of benzene rings is 2. The second kappa shape index (κ2) is 9.23. The number of carbonyl (C=O) groups is 3. The molecule has 0 atom stereocenters. The van der Waals surface area contributed by atoms with Crippen molar-refractivity contribution in [2.45, 2.75) is 6.92 Å². The molecule has 0 aliphatic carbocycles. The molecular formula is C22H13Cl3N2O5S. The standard InChI is InChI=1S/C22H13Cl3N2O5S/c1-10-2-3-13(7-15(10)24)26-18(28)8-27-21(30)17(33-22(27)31)4-11-9-32-20-14(19(11)29)5-12(23)6-16(20)25/h2-7,9H,8H2,1H3,(H,26,28)/b17-4-. The lowest BCUT2D eigenvalue weighted by molar-refractivity contribution is -0.127. The molecule has 2 aromatic carbocycles. The number of nitrogens with one attached hydrogen (secondary N) is 1. The number of halogens is 3. The van der Waals surface area contributed by atoms with E-state index >= 15 is 0 Å². The molecule has 168 valence electrons. The van der Waals surface area contributed by atoms with Gasteiger partial charge in [-0.05, 0) is 54.6 Å². The van der Waals surface area contributed by atoms with Crippen molar-refractivity contribution in [2.24, 2.45) is 0 Å². The van der Waals surface area contributed by atoms with Gasteiger partial charge in [-0.25, -0.2) is 0 Å². The minimum Gasteiger partial charge on any atom is -0.462 e. The molecule has 0 bridgehead atoms. The van der Waals surface area contributed by atoms with Crippen LogP contribution in [0.1, 0.15) is 11.1 Å². The van der Waals surface area contributed by atoms with Crippen molar-refractivity contribution in [1.29, 1.82) is 0 Å². The van der Waals surface area contributed by atoms with E-state index in [-0.39, 0.29) is 31.5 Å². The van der Waals surface area contributed by atoms with Crippen LogP contribution in [-0.2, 0) is 9.59 Å². The Morgan fingerprint density at radius 2 is 1.88 bits per heavy atom. The lowest BCUT2D eigenvalue weighted by Crippen LogP contribution is -2.36. The van der Waals surface area contributed by atoms with Crippen LogP contribution < -0.4 is 10.7 Å². The fraction of sp³-hybridized carbons (Fsp3) is 0.0909. The van der Waals surface area contributed by atoms with Gasteiger partial charge in [-0.3, -0.25) is 24.1 Å². The average Bonchev–Trinajstić information content (AvgIpc) is 3.00. The zero-order valence-electron chi connectivity index (χ0n) is 16.8. The molecule has 1 saturated heterocycles. The summed E-state index contributed by atoms with van der Waals surface area (Å²) in [5, 5.41) is 2.98. The van der Waals surface area contributed by atoms with Crippen molar-refractivity contribution in [2.75, 3.05) is 11.9 Å². The van der Waals surface area contributed by atoms with Crippen LogP contribution in [0, 0.1) is 6.92 Å². The molecule has 3 amide bonds. The van der Waals surface area contributed by atoms with Crippen molar-refractivity contribution in [1.82, 2.24) is 4.90 Å². The number of amides is 3. The Bertz CT molecular complexity index is 1430. The molecular weight excluding hydrogens is 511 g/mol. The van der Waals surface area contributed by atoms with Crippen molar-refractivity contribution < 1.29 is 18.8 Å². The molecule has 11 heteroatoms. The van der Waals surface area contributed by atoms with Crippen molar-refractivity contribution in [3.63, 3.8) is 0 Å². The first-order chi connectivity index (χ1) is 15.6. The maximum atomic E-state index is 12.8. The monoisotopic (exact) mass is 522 g/mol. The van der Waals surface area contributed by atoms with Crippen LogP contribution in [0.4, 0.5) is 10.5 Å². The van der Waals surface area contributed by atoms with E-state index in [1.54, 1.807) is 18.2 Å². The number of hydrogen-bond donors (Lipinski definition) is 1. The predicted octanol–water partition coefficient (Wildman–Crippen LogP) is 5.74. The predicted molar refractivity (Wildman–Crippen MR) is 130 cm³/mol. The van der Waals surface area contributed by atoms with Gasteiger partial charge in [0.2, 0.25) is 5.91 Å². The largest absolute Gasteiger partial charge is 0.462 e. The lowest BCUT2D eigenvalue weighted by Gasteiger charge is -2.13. The van der Waals surface area contributed by atoms with Crippen molar-refractivity contribution in [3.05, 3.63) is 77.9 Å². The highest BCUT2D eigenvalue weighted by molar-refractivity contribution is 8.18. The SMILES string of the molecule is Cc1ccc(NC(=O)CN2C(=O)S/C(=C\c3coc4c(Cl)cc(Cl)cc4c3=O)C2=O)cc1Cl. The fourth-order valence-corrected chi connectivity index (χ4v) is 4.62. The molecule has 3 aromatic rings. The van der Waals surface area contributed by atoms with Gasteiger partial charge in [0.05, 0.1) is 20.9 Å². The first-order valence-corrected chi connectivity index (χ1v) is 11.3. The van der Waals surface area contributed by atoms with E-state index < -0.39 is 29.0 Å². The normalized spacial score (nSPS) is 15.0. The Labute approximate surface area is 206 Å². The summed E-state index contributed by atoms with van der Waals surface area (Å²) >= 11 is 18.7. The molecule has 0 radical (unpaired) electrons. The van der Waals surface area contributed by atoms with Crippen LogP contribution in [0.2, 0.25) is 15.1 Å². The number of aryl methyl sites for hydroxylation is 1. The second-order valence-corrected chi connectivity index (χ2v) is 9.31. The van der Waals surface area contributed by atoms with Crippen LogP contribution in [-0.4, -0.2) is 28.5 Å². The third kappa shape index (κ3) is 4.79. The van der Waals surface area contributed by atoms with Crippen LogP contribution in [0.15, 0.2) is 50.7 Å². The molecule has 1 aromatic heterocycles. The van der Waals surface area contributed by atoms with Gasteiger partial charge in [0.15, 0.2) is 11.0 Å². The molecule has 0 spiro atoms. The minimum absolute atomic E-state index is 0.0223. The van der Waals surface area contributed by atoms with E-state index in [0.29, 0.717) is 22.5 Å². The summed E-state index contributed by atoms with van der Waals surface area (Å²) in [7, 11) is 0. The van der Waals surface area contributed by atoms with Gasteiger partial charge in [-0.2, -0.15) is 0 Å². The highest BCUT2D eigenvalue weighted by Gasteiger charge is 2.36. The van der Waals surface area contributed by atoms with E-state index in [1.165, 1.54) is 18.2 Å². The molecule has 4 rings (SSSR count). The third-order valence-electron chi connectivity index (χ3n) is 4.74. The Morgan fingerprint density at radius 1 is 1.12 bits per heavy atom. The zero-order chi connectivity index (χ0) is 23.9. The Hall–Kier alpha value is -2.78. The molecule has 0 unspecified atom stereocenters. The third-order valence-corrected chi connectivity index (χ3v) is 6.55. The summed E-state index contributed by atoms with van der Waals surface area (Å²) in [4.78, 5) is 51.0. The van der Waals surface area contributed by atoms with E-state index in [9.17, 15) is 19.2 Å². The summed E-state index contributed by atoms with van der Waals surface area (Å²) in [6.07, 6.45) is 2.38. The summed E-state index contributed by atoms with van der Waals surface area (Å²) < 4.78 is 5.43. The van der Waals surface area contributed by atoms with E-state index in [1.807, 2.05) is 6.92 Å². The van der Waals surface area contributed by atoms with Crippen LogP contribution in [0.5, 0.6) is 0 Å². The topological polar surface area (TPSA) is 96.7 Å². The van der Waals surface area contributed by atoms with Gasteiger partial charge in [0.25, 0.3) is 11.1 Å². The summed E-state index contributed by atoms with van der Waals surface area (Å²) in [5.41, 5.74) is 0.994. The van der Waals surface area contributed by atoms with Gasteiger partial charge >= 0.3 is 0 Å². The molecule has 0 saturated carbocycles. The fourth-order valence-electron chi connectivity index (χ4n) is 3.07. The second-order valence-electron chi connectivity index (χ2n) is 7.06. The zero-order valence-corrected chi connectivity index (χ0v) is 19.9. The molecule has 2 heterocycles. The number of rotatable bonds is 4. The minimum atomic E-state index is -0.703. The number of carbonyl (C=O) groups excluding carboxylic acids is 3. The maximum Gasteiger partial charge on any atom is 0.294 e. The molecule has 1 aliphatic rings. The number of thioether (sulfide) groups is 1. The molecule has 7 nitrogen and oxygen atoms in total. The van der Waals surface area contributed by atoms with Crippen molar-refractivity contribution >= 4 is 86.4 Å². The average molecular weight is 524 g/mol. The maximum absolute atomic E-state index is 12.8. The Kier molecular flexibility index (Phi) is 6.54. The van der Waals surface area contributed by atoms with Gasteiger partial charge in [0.1, 0.15) is 12.8 Å². The quantitative estimate of drug-likeness (QED) is 0.438. The van der Waals surface area contributed by atoms with E-state index in [2.05, 4.69) is 5.32 Å². The van der Waals surface area contributed by atoms with Crippen LogP contribution >= 0.6 is 46.6 Å². The Morgan fingerprint density at radius 3 is 2.61 bits per heavy atom. The van der Waals surface area contributed by atoms with E-state index in [0.717, 1.165) is 16.7 Å². The summed E-state index contributed by atoms with van der Waals surface area (Å²) in [5.74, 6) is -1.28. The number of fused-ring (bicyclic) bond motifs is 1. The highest BCUT2D eigenvalue weighted by atomic mass is 35.5. The molecule has 1 fully saturated rings. The summed E-state index contributed by atoms with van der Waals surface area (Å²) in [6, 6.07) is 7.80. The molecule has 1 N–H and O–H groups in total. The molecule has 1 aliphatic heterocycles. The van der Waals surface area contributed by atoms with Gasteiger partial charge in [-0.1, -0.05) is 40.9 Å². The molecule has 33 heavy (non-hydrogen) atoms. The highest BCUT2D eigenvalue weighted by Crippen LogP contribution is 2.33. The van der Waals surface area contributed by atoms with Crippen LogP contribution in [0.3, 0.4) is 0 Å². The van der Waals surface area contributed by atoms with Gasteiger partial charge in [0, 0.05) is 15.7 Å². The van der Waals surface area contributed by atoms with Gasteiger partial charge < -0.3 is 9.73 Å². The summed E-state index contributed by atoms with van der Waals surface area (Å²) in [6.45, 7) is 1.32. The van der Waals surface area contributed by atoms with Gasteiger partial charge in [-0.15, -0.1) is 0 Å². The number of anilines is 1. The first kappa shape index (κ1) is 23.4. The Balaban J connectivity index is 1.55.